The summed E-state index contributed by atoms with van der Waals surface area (Å²) in [5.74, 6) is -1.25. The van der Waals surface area contributed by atoms with Gasteiger partial charge in [-0.25, -0.2) is 4.79 Å². The minimum atomic E-state index is -1.21. The Balaban J connectivity index is 1.74. The highest BCUT2D eigenvalue weighted by Gasteiger charge is 2.26. The molecule has 0 radical (unpaired) electrons. The van der Waals surface area contributed by atoms with Crippen LogP contribution in [0.25, 0.3) is 11.0 Å². The lowest BCUT2D eigenvalue weighted by atomic mass is 10.1. The number of nitrogens with one attached hydrogen (secondary N) is 1. The number of para-hydroxylation sites is 1. The van der Waals surface area contributed by atoms with Crippen molar-refractivity contribution in [3.63, 3.8) is 0 Å². The number of esters is 1. The number of ether oxygens (including phenoxy) is 2. The molecule has 150 valence electrons. The lowest BCUT2D eigenvalue weighted by Gasteiger charge is -2.13. The number of hydrogen-bond donors (Lipinski definition) is 1. The molecule has 0 saturated heterocycles. The van der Waals surface area contributed by atoms with E-state index in [0.29, 0.717) is 11.1 Å². The number of nitro groups is 1. The van der Waals surface area contributed by atoms with Gasteiger partial charge in [0.25, 0.3) is 11.6 Å². The van der Waals surface area contributed by atoms with Crippen molar-refractivity contribution >= 4 is 34.2 Å². The Morgan fingerprint density at radius 2 is 1.93 bits per heavy atom. The number of fused-ring (bicyclic) bond motifs is 1. The van der Waals surface area contributed by atoms with Crippen LogP contribution in [0.15, 0.2) is 46.9 Å². The van der Waals surface area contributed by atoms with Crippen molar-refractivity contribution in [1.82, 2.24) is 0 Å². The van der Waals surface area contributed by atoms with Gasteiger partial charge in [0.2, 0.25) is 5.76 Å². The van der Waals surface area contributed by atoms with Gasteiger partial charge in [0.05, 0.1) is 18.1 Å². The molecule has 0 fully saturated rings. The second kappa shape index (κ2) is 8.01. The fraction of sp³-hybridized carbons (Fsp3) is 0.200. The largest absolute Gasteiger partial charge is 0.496 e. The maximum absolute atomic E-state index is 12.4. The molecule has 1 heterocycles. The van der Waals surface area contributed by atoms with Crippen LogP contribution >= 0.6 is 0 Å². The van der Waals surface area contributed by atoms with Crippen molar-refractivity contribution in [2.75, 3.05) is 12.4 Å². The molecule has 2 aromatic carbocycles. The number of rotatable bonds is 6. The molecule has 3 rings (SSSR count). The third-order valence-electron chi connectivity index (χ3n) is 4.34. The molecule has 1 N–H and O–H groups in total. The molecule has 1 amide bonds. The van der Waals surface area contributed by atoms with Gasteiger partial charge in [0.1, 0.15) is 17.0 Å². The van der Waals surface area contributed by atoms with E-state index in [1.165, 1.54) is 32.2 Å². The summed E-state index contributed by atoms with van der Waals surface area (Å²) in [6.07, 6.45) is -1.21. The number of amides is 1. The number of aryl methyl sites for hydroxylation is 1. The Morgan fingerprint density at radius 3 is 2.59 bits per heavy atom. The van der Waals surface area contributed by atoms with E-state index in [2.05, 4.69) is 5.32 Å². The van der Waals surface area contributed by atoms with E-state index < -0.39 is 22.9 Å². The average molecular weight is 398 g/mol. The minimum absolute atomic E-state index is 0.00118. The van der Waals surface area contributed by atoms with Gasteiger partial charge in [0.15, 0.2) is 6.10 Å². The molecule has 0 aliphatic heterocycles. The summed E-state index contributed by atoms with van der Waals surface area (Å²) in [4.78, 5) is 35.4. The molecule has 0 unspecified atom stereocenters. The molecule has 0 aliphatic carbocycles. The number of carbonyl (C=O) groups is 2. The maximum Gasteiger partial charge on any atom is 0.375 e. The smallest absolute Gasteiger partial charge is 0.375 e. The van der Waals surface area contributed by atoms with Crippen molar-refractivity contribution in [2.45, 2.75) is 20.0 Å². The fourth-order valence-corrected chi connectivity index (χ4v) is 2.77. The monoisotopic (exact) mass is 398 g/mol. The number of nitrogens with zero attached hydrogens (tertiary/aromatic N) is 1. The number of benzene rings is 2. The molecule has 9 nitrogen and oxygen atoms in total. The summed E-state index contributed by atoms with van der Waals surface area (Å²) in [7, 11) is 1.37. The fourth-order valence-electron chi connectivity index (χ4n) is 2.77. The normalized spacial score (nSPS) is 11.7. The molecular weight excluding hydrogens is 380 g/mol. The first-order chi connectivity index (χ1) is 13.8. The lowest BCUT2D eigenvalue weighted by molar-refractivity contribution is -0.384. The third-order valence-corrected chi connectivity index (χ3v) is 4.34. The summed E-state index contributed by atoms with van der Waals surface area (Å²) in [6, 6.07) is 11.1. The summed E-state index contributed by atoms with van der Waals surface area (Å²) >= 11 is 0. The quantitative estimate of drug-likeness (QED) is 0.380. The van der Waals surface area contributed by atoms with Crippen molar-refractivity contribution in [3.8, 4) is 5.75 Å². The van der Waals surface area contributed by atoms with E-state index in [1.807, 2.05) is 12.1 Å². The molecule has 0 spiro atoms. The van der Waals surface area contributed by atoms with Gasteiger partial charge in [-0.3, -0.25) is 14.9 Å². The van der Waals surface area contributed by atoms with E-state index >= 15 is 0 Å². The highest BCUT2D eigenvalue weighted by molar-refractivity contribution is 6.00. The van der Waals surface area contributed by atoms with Gasteiger partial charge in [-0.15, -0.1) is 0 Å². The molecule has 29 heavy (non-hydrogen) atoms. The van der Waals surface area contributed by atoms with Crippen molar-refractivity contribution < 1.29 is 28.4 Å². The topological polar surface area (TPSA) is 121 Å². The molecule has 3 aromatic rings. The zero-order chi connectivity index (χ0) is 21.1. The van der Waals surface area contributed by atoms with E-state index in [1.54, 1.807) is 19.1 Å². The van der Waals surface area contributed by atoms with E-state index in [0.717, 1.165) is 5.39 Å². The van der Waals surface area contributed by atoms with Crippen LogP contribution < -0.4 is 10.1 Å². The standard InChI is InChI=1S/C20H18N2O7/c1-11-14-6-4-5-7-17(14)29-18(11)20(24)28-12(2)19(23)21-15-9-8-13(27-3)10-16(15)22(25)26/h4-10,12H,1-3H3,(H,21,23)/t12-/m1/s1. The van der Waals surface area contributed by atoms with Gasteiger partial charge in [-0.05, 0) is 32.0 Å². The lowest BCUT2D eigenvalue weighted by Crippen LogP contribution is -2.30. The van der Waals surface area contributed by atoms with Gasteiger partial charge in [0, 0.05) is 10.9 Å². The van der Waals surface area contributed by atoms with Crippen molar-refractivity contribution in [1.29, 1.82) is 0 Å². The van der Waals surface area contributed by atoms with Crippen LogP contribution in [-0.2, 0) is 9.53 Å². The van der Waals surface area contributed by atoms with Crippen LogP contribution in [0, 0.1) is 17.0 Å². The molecule has 1 atom stereocenters. The molecule has 0 bridgehead atoms. The third kappa shape index (κ3) is 4.03. The van der Waals surface area contributed by atoms with E-state index in [9.17, 15) is 19.7 Å². The zero-order valence-corrected chi connectivity index (χ0v) is 15.9. The predicted octanol–water partition coefficient (Wildman–Crippen LogP) is 3.84. The highest BCUT2D eigenvalue weighted by atomic mass is 16.6. The number of nitro benzene ring substituents is 1. The van der Waals surface area contributed by atoms with Gasteiger partial charge in [-0.1, -0.05) is 18.2 Å². The number of methoxy groups -OCH3 is 1. The van der Waals surface area contributed by atoms with Gasteiger partial charge < -0.3 is 19.2 Å². The zero-order valence-electron chi connectivity index (χ0n) is 15.9. The number of hydrogen-bond acceptors (Lipinski definition) is 7. The summed E-state index contributed by atoms with van der Waals surface area (Å²) in [6.45, 7) is 3.08. The molecule has 0 aliphatic rings. The van der Waals surface area contributed by atoms with Crippen LogP contribution in [0.2, 0.25) is 0 Å². The Morgan fingerprint density at radius 1 is 1.21 bits per heavy atom. The van der Waals surface area contributed by atoms with Gasteiger partial charge >= 0.3 is 5.97 Å². The second-order valence-corrected chi connectivity index (χ2v) is 6.23. The minimum Gasteiger partial charge on any atom is -0.496 e. The number of furan rings is 1. The van der Waals surface area contributed by atoms with Crippen LogP contribution in [0.4, 0.5) is 11.4 Å². The molecule has 9 heteroatoms. The first-order valence-electron chi connectivity index (χ1n) is 8.64. The SMILES string of the molecule is COc1ccc(NC(=O)[C@@H](C)OC(=O)c2oc3ccccc3c2C)c([N+](=O)[O-])c1. The highest BCUT2D eigenvalue weighted by Crippen LogP contribution is 2.29. The summed E-state index contributed by atoms with van der Waals surface area (Å²) in [5, 5.41) is 14.4. The Kier molecular flexibility index (Phi) is 5.49. The van der Waals surface area contributed by atoms with Crippen LogP contribution in [0.3, 0.4) is 0 Å². The summed E-state index contributed by atoms with van der Waals surface area (Å²) in [5.41, 5.74) is 0.750. The van der Waals surface area contributed by atoms with Crippen molar-refractivity contribution in [2.24, 2.45) is 0 Å². The second-order valence-electron chi connectivity index (χ2n) is 6.23. The Hall–Kier alpha value is -3.88. The van der Waals surface area contributed by atoms with Crippen LogP contribution in [-0.4, -0.2) is 30.0 Å². The first-order valence-corrected chi connectivity index (χ1v) is 8.64. The molecular formula is C20H18N2O7. The van der Waals surface area contributed by atoms with Crippen LogP contribution in [0.1, 0.15) is 23.0 Å². The Labute approximate surface area is 165 Å². The number of carbonyl (C=O) groups excluding carboxylic acids is 2. The first kappa shape index (κ1) is 19.9. The van der Waals surface area contributed by atoms with Crippen LogP contribution in [0.5, 0.6) is 5.75 Å². The van der Waals surface area contributed by atoms with E-state index in [4.69, 9.17) is 13.9 Å². The van der Waals surface area contributed by atoms with Gasteiger partial charge in [-0.2, -0.15) is 0 Å². The number of anilines is 1. The molecule has 1 aromatic heterocycles. The van der Waals surface area contributed by atoms with Crippen molar-refractivity contribution in [3.05, 3.63) is 63.9 Å². The predicted molar refractivity (Wildman–Crippen MR) is 104 cm³/mol. The summed E-state index contributed by atoms with van der Waals surface area (Å²) < 4.78 is 15.7. The molecule has 0 saturated carbocycles. The van der Waals surface area contributed by atoms with E-state index in [-0.39, 0.29) is 22.9 Å². The average Bonchev–Trinajstić information content (AvgIpc) is 3.05. The Bertz CT molecular complexity index is 1100. The maximum atomic E-state index is 12.4.